The fourth-order valence-corrected chi connectivity index (χ4v) is 2.08. The minimum atomic E-state index is -0.950. The van der Waals surface area contributed by atoms with Crippen molar-refractivity contribution in [3.05, 3.63) is 22.2 Å². The van der Waals surface area contributed by atoms with E-state index in [1.807, 2.05) is 0 Å². The fraction of sp³-hybridized carbons (Fsp3) is 0.467. The monoisotopic (exact) mass is 389 g/mol. The van der Waals surface area contributed by atoms with Crippen LogP contribution in [0, 0.1) is 0 Å². The molecular formula is C15H20BrNO6. The van der Waals surface area contributed by atoms with Crippen molar-refractivity contribution < 1.29 is 28.9 Å². The van der Waals surface area contributed by atoms with E-state index in [0.29, 0.717) is 16.6 Å². The highest BCUT2D eigenvalue weighted by Gasteiger charge is 2.13. The Morgan fingerprint density at radius 2 is 2.04 bits per heavy atom. The maximum Gasteiger partial charge on any atom is 0.410 e. The number of aromatic hydroxyl groups is 1. The maximum atomic E-state index is 11.6. The van der Waals surface area contributed by atoms with Gasteiger partial charge in [0.05, 0.1) is 11.6 Å². The summed E-state index contributed by atoms with van der Waals surface area (Å²) in [5.41, 5.74) is 0.735. The number of carbonyl (C=O) groups is 2. The molecule has 0 radical (unpaired) electrons. The molecule has 7 nitrogen and oxygen atoms in total. The molecule has 1 atom stereocenters. The lowest BCUT2D eigenvalue weighted by Crippen LogP contribution is -2.31. The maximum absolute atomic E-state index is 11.6. The second kappa shape index (κ2) is 9.24. The normalized spacial score (nSPS) is 11.5. The molecule has 2 N–H and O–H groups in total. The Morgan fingerprint density at radius 3 is 2.65 bits per heavy atom. The van der Waals surface area contributed by atoms with Gasteiger partial charge in [-0.1, -0.05) is 6.92 Å². The molecule has 0 bridgehead atoms. The number of methoxy groups -OCH3 is 1. The molecule has 0 saturated heterocycles. The molecule has 0 aromatic heterocycles. The van der Waals surface area contributed by atoms with Gasteiger partial charge in [-0.15, -0.1) is 0 Å². The van der Waals surface area contributed by atoms with E-state index in [1.165, 1.54) is 14.0 Å². The Kier molecular flexibility index (Phi) is 7.67. The van der Waals surface area contributed by atoms with Gasteiger partial charge in [0.1, 0.15) is 11.5 Å². The summed E-state index contributed by atoms with van der Waals surface area (Å²) in [6, 6.07) is 3.21. The number of nitrogens with one attached hydrogen (secondary N) is 1. The van der Waals surface area contributed by atoms with E-state index < -0.39 is 18.4 Å². The number of hydrogen-bond acceptors (Lipinski definition) is 6. The zero-order chi connectivity index (χ0) is 17.4. The van der Waals surface area contributed by atoms with Crippen molar-refractivity contribution in [3.63, 3.8) is 0 Å². The summed E-state index contributed by atoms with van der Waals surface area (Å²) in [4.78, 5) is 22.6. The Bertz CT molecular complexity index is 563. The smallest absolute Gasteiger partial charge is 0.410 e. The van der Waals surface area contributed by atoms with Crippen LogP contribution < -0.4 is 10.1 Å². The number of carbonyl (C=O) groups excluding carboxylic acids is 2. The lowest BCUT2D eigenvalue weighted by Gasteiger charge is -2.14. The molecule has 0 aliphatic carbocycles. The number of halogens is 1. The molecule has 128 valence electrons. The minimum absolute atomic E-state index is 0.0866. The van der Waals surface area contributed by atoms with Crippen molar-refractivity contribution in [1.82, 2.24) is 5.32 Å². The molecule has 1 aromatic rings. The molecule has 0 aliphatic heterocycles. The Balaban J connectivity index is 2.46. The van der Waals surface area contributed by atoms with Crippen molar-refractivity contribution in [2.45, 2.75) is 33.0 Å². The summed E-state index contributed by atoms with van der Waals surface area (Å²) in [5, 5.41) is 12.2. The molecule has 1 amide bonds. The standard InChI is InChI=1S/C15H20BrNO6/c1-4-14(19)22-9(2)23-15(20)17-6-5-10-7-12(18)11(16)8-13(10)21-3/h7-9,18H,4-6H2,1-3H3,(H,17,20). The molecule has 1 unspecified atom stereocenters. The van der Waals surface area contributed by atoms with Gasteiger partial charge in [0.2, 0.25) is 6.29 Å². The topological polar surface area (TPSA) is 94.1 Å². The van der Waals surface area contributed by atoms with Crippen LogP contribution in [0.15, 0.2) is 16.6 Å². The summed E-state index contributed by atoms with van der Waals surface area (Å²) in [5.74, 6) is 0.235. The van der Waals surface area contributed by atoms with E-state index in [-0.39, 0.29) is 18.7 Å². The van der Waals surface area contributed by atoms with E-state index in [1.54, 1.807) is 19.1 Å². The third kappa shape index (κ3) is 6.35. The van der Waals surface area contributed by atoms with E-state index in [2.05, 4.69) is 21.2 Å². The number of amides is 1. The van der Waals surface area contributed by atoms with Crippen LogP contribution in [0.25, 0.3) is 0 Å². The van der Waals surface area contributed by atoms with Gasteiger partial charge >= 0.3 is 12.1 Å². The number of alkyl carbamates (subject to hydrolysis) is 1. The molecule has 23 heavy (non-hydrogen) atoms. The molecule has 0 heterocycles. The fourth-order valence-electron chi connectivity index (χ4n) is 1.76. The first-order valence-electron chi connectivity index (χ1n) is 7.06. The number of benzene rings is 1. The molecule has 8 heteroatoms. The van der Waals surface area contributed by atoms with Crippen LogP contribution in [0.3, 0.4) is 0 Å². The van der Waals surface area contributed by atoms with Gasteiger partial charge in [0, 0.05) is 19.9 Å². The highest BCUT2D eigenvalue weighted by Crippen LogP contribution is 2.32. The highest BCUT2D eigenvalue weighted by atomic mass is 79.9. The van der Waals surface area contributed by atoms with Crippen molar-refractivity contribution in [1.29, 1.82) is 0 Å². The Labute approximate surface area is 143 Å². The molecular weight excluding hydrogens is 370 g/mol. The van der Waals surface area contributed by atoms with E-state index >= 15 is 0 Å². The molecule has 0 spiro atoms. The number of esters is 1. The zero-order valence-electron chi connectivity index (χ0n) is 13.2. The van der Waals surface area contributed by atoms with Gasteiger partial charge < -0.3 is 24.6 Å². The Hall–Kier alpha value is -1.96. The predicted molar refractivity (Wildman–Crippen MR) is 86.4 cm³/mol. The first-order chi connectivity index (χ1) is 10.9. The first-order valence-corrected chi connectivity index (χ1v) is 7.86. The lowest BCUT2D eigenvalue weighted by atomic mass is 10.1. The summed E-state index contributed by atoms with van der Waals surface area (Å²) < 4.78 is 15.4. The molecule has 0 saturated carbocycles. The third-order valence-corrected chi connectivity index (χ3v) is 3.51. The van der Waals surface area contributed by atoms with E-state index in [4.69, 9.17) is 14.2 Å². The predicted octanol–water partition coefficient (Wildman–Crippen LogP) is 2.73. The second-order valence-electron chi connectivity index (χ2n) is 4.61. The zero-order valence-corrected chi connectivity index (χ0v) is 14.8. The lowest BCUT2D eigenvalue weighted by molar-refractivity contribution is -0.164. The highest BCUT2D eigenvalue weighted by molar-refractivity contribution is 9.10. The van der Waals surface area contributed by atoms with Gasteiger partial charge in [-0.05, 0) is 40.0 Å². The summed E-state index contributed by atoms with van der Waals surface area (Å²) in [6.07, 6.45) is -1.000. The number of hydrogen-bond donors (Lipinski definition) is 2. The third-order valence-electron chi connectivity index (χ3n) is 2.87. The van der Waals surface area contributed by atoms with Crippen molar-refractivity contribution in [3.8, 4) is 11.5 Å². The van der Waals surface area contributed by atoms with Crippen LogP contribution in [-0.4, -0.2) is 37.1 Å². The summed E-state index contributed by atoms with van der Waals surface area (Å²) >= 11 is 3.20. The van der Waals surface area contributed by atoms with Crippen LogP contribution in [0.2, 0.25) is 0 Å². The van der Waals surface area contributed by atoms with E-state index in [9.17, 15) is 14.7 Å². The Morgan fingerprint density at radius 1 is 1.35 bits per heavy atom. The number of ether oxygens (including phenoxy) is 3. The van der Waals surface area contributed by atoms with Gasteiger partial charge in [-0.25, -0.2) is 4.79 Å². The van der Waals surface area contributed by atoms with Crippen molar-refractivity contribution in [2.24, 2.45) is 0 Å². The minimum Gasteiger partial charge on any atom is -0.507 e. The van der Waals surface area contributed by atoms with Crippen LogP contribution >= 0.6 is 15.9 Å². The molecule has 0 fully saturated rings. The molecule has 1 aromatic carbocycles. The van der Waals surface area contributed by atoms with Gasteiger partial charge in [0.25, 0.3) is 0 Å². The van der Waals surface area contributed by atoms with Crippen LogP contribution in [0.1, 0.15) is 25.8 Å². The van der Waals surface area contributed by atoms with Crippen molar-refractivity contribution in [2.75, 3.05) is 13.7 Å². The quantitative estimate of drug-likeness (QED) is 0.549. The van der Waals surface area contributed by atoms with Gasteiger partial charge in [-0.3, -0.25) is 4.79 Å². The largest absolute Gasteiger partial charge is 0.507 e. The van der Waals surface area contributed by atoms with Gasteiger partial charge in [0.15, 0.2) is 0 Å². The van der Waals surface area contributed by atoms with E-state index in [0.717, 1.165) is 5.56 Å². The van der Waals surface area contributed by atoms with Crippen LogP contribution in [0.4, 0.5) is 4.79 Å². The number of phenols is 1. The number of rotatable bonds is 7. The summed E-state index contributed by atoms with van der Waals surface area (Å²) in [6.45, 7) is 3.38. The average Bonchev–Trinajstić information content (AvgIpc) is 2.50. The van der Waals surface area contributed by atoms with Crippen LogP contribution in [-0.2, 0) is 20.7 Å². The SMILES string of the molecule is CCC(=O)OC(C)OC(=O)NCCc1cc(O)c(Br)cc1OC. The first kappa shape index (κ1) is 19.1. The summed E-state index contributed by atoms with van der Waals surface area (Å²) in [7, 11) is 1.52. The second-order valence-corrected chi connectivity index (χ2v) is 5.46. The number of phenolic OH excluding ortho intramolecular Hbond substituents is 1. The van der Waals surface area contributed by atoms with Gasteiger partial charge in [-0.2, -0.15) is 0 Å². The average molecular weight is 390 g/mol. The molecule has 0 aliphatic rings. The van der Waals surface area contributed by atoms with Crippen LogP contribution in [0.5, 0.6) is 11.5 Å². The molecule has 1 rings (SSSR count). The van der Waals surface area contributed by atoms with Crippen molar-refractivity contribution >= 4 is 28.0 Å².